The van der Waals surface area contributed by atoms with Gasteiger partial charge in [0.2, 0.25) is 0 Å². The molecule has 0 unspecified atom stereocenters. The molecule has 9 rings (SSSR count). The molecule has 5 heteroatoms. The third kappa shape index (κ3) is 7.76. The fourth-order valence-corrected chi connectivity index (χ4v) is 8.20. The van der Waals surface area contributed by atoms with Gasteiger partial charge >= 0.3 is 0 Å². The molecule has 60 heavy (non-hydrogen) atoms. The number of fused-ring (bicyclic) bond motifs is 1. The molecule has 0 amide bonds. The second kappa shape index (κ2) is 17.1. The molecule has 0 atom stereocenters. The Balaban J connectivity index is 0.00000514. The molecular formula is C55H46N3OPt-. The number of phenolic OH excluding ortho intramolecular Hbond substituents is 1. The van der Waals surface area contributed by atoms with Crippen LogP contribution in [0.5, 0.6) is 5.75 Å². The fourth-order valence-electron chi connectivity index (χ4n) is 8.20. The van der Waals surface area contributed by atoms with Gasteiger partial charge in [-0.2, -0.15) is 0 Å². The zero-order chi connectivity index (χ0) is 41.5. The van der Waals surface area contributed by atoms with Crippen molar-refractivity contribution in [2.45, 2.75) is 46.9 Å². The summed E-state index contributed by atoms with van der Waals surface area (Å²) in [5.74, 6) is 0.222. The van der Waals surface area contributed by atoms with Gasteiger partial charge in [-0.25, -0.2) is 4.98 Å². The molecule has 0 aliphatic heterocycles. The van der Waals surface area contributed by atoms with Gasteiger partial charge in [0.05, 0.1) is 16.6 Å². The number of phenols is 1. The topological polar surface area (TPSA) is 50.9 Å². The Morgan fingerprint density at radius 2 is 1.35 bits per heavy atom. The maximum atomic E-state index is 11.7. The first-order valence-electron chi connectivity index (χ1n) is 20.8. The summed E-state index contributed by atoms with van der Waals surface area (Å²) in [4.78, 5) is 10.3. The minimum Gasteiger partial charge on any atom is -0.507 e. The maximum Gasteiger partial charge on any atom is 0.148 e. The van der Waals surface area contributed by atoms with Crippen molar-refractivity contribution in [3.8, 4) is 78.6 Å². The quantitative estimate of drug-likeness (QED) is 0.147. The molecule has 0 saturated carbocycles. The van der Waals surface area contributed by atoms with Crippen LogP contribution in [0.25, 0.3) is 83.9 Å². The zero-order valence-corrected chi connectivity index (χ0v) is 36.7. The van der Waals surface area contributed by atoms with Crippen LogP contribution in [0.2, 0.25) is 0 Å². The largest absolute Gasteiger partial charge is 0.507 e. The number of para-hydroxylation sites is 1. The molecule has 4 nitrogen and oxygen atoms in total. The van der Waals surface area contributed by atoms with E-state index in [1.54, 1.807) is 0 Å². The summed E-state index contributed by atoms with van der Waals surface area (Å²) in [6.45, 7) is 10.0. The Kier molecular flexibility index (Phi) is 11.1. The second-order valence-corrected chi connectivity index (χ2v) is 15.6. The van der Waals surface area contributed by atoms with Crippen LogP contribution < -0.4 is 0 Å². The first-order chi connectivity index (χ1) is 29.1. The first-order valence-corrected chi connectivity index (χ1v) is 20.3. The van der Waals surface area contributed by atoms with Gasteiger partial charge in [-0.15, -0.1) is 23.8 Å². The number of aryl methyl sites for hydroxylation is 3. The van der Waals surface area contributed by atoms with E-state index in [0.717, 1.165) is 84.5 Å². The number of aromatic nitrogens is 3. The van der Waals surface area contributed by atoms with Crippen LogP contribution in [0.15, 0.2) is 164 Å². The van der Waals surface area contributed by atoms with Crippen molar-refractivity contribution in [3.05, 3.63) is 192 Å². The average Bonchev–Trinajstić information content (AvgIpc) is 3.67. The van der Waals surface area contributed by atoms with E-state index >= 15 is 0 Å². The number of nitrogens with zero attached hydrogens (tertiary/aromatic N) is 3. The van der Waals surface area contributed by atoms with Gasteiger partial charge < -0.3 is 5.11 Å². The molecule has 1 N–H and O–H groups in total. The van der Waals surface area contributed by atoms with E-state index in [2.05, 4.69) is 140 Å². The van der Waals surface area contributed by atoms with Crippen LogP contribution in [-0.4, -0.2) is 19.6 Å². The summed E-state index contributed by atoms with van der Waals surface area (Å²) in [6.07, 6.45) is 2.71. The average molecular weight is 961 g/mol. The Labute approximate surface area is 369 Å². The predicted molar refractivity (Wildman–Crippen MR) is 245 cm³/mol. The van der Waals surface area contributed by atoms with Crippen molar-refractivity contribution in [3.63, 3.8) is 0 Å². The van der Waals surface area contributed by atoms with Gasteiger partial charge in [0.25, 0.3) is 0 Å². The van der Waals surface area contributed by atoms with Gasteiger partial charge in [0.15, 0.2) is 0 Å². The molecule has 0 fully saturated rings. The summed E-state index contributed by atoms with van der Waals surface area (Å²) in [6, 6.07) is 58.4. The van der Waals surface area contributed by atoms with Gasteiger partial charge in [-0.3, -0.25) is 9.55 Å². The van der Waals surface area contributed by atoms with E-state index in [-0.39, 0.29) is 26.8 Å². The minimum atomic E-state index is -0.671. The number of hydrogen-bond acceptors (Lipinski definition) is 3. The van der Waals surface area contributed by atoms with E-state index < -0.39 is 5.89 Å². The van der Waals surface area contributed by atoms with Crippen molar-refractivity contribution in [2.24, 2.45) is 0 Å². The van der Waals surface area contributed by atoms with Crippen LogP contribution in [0.4, 0.5) is 0 Å². The number of rotatable bonds is 9. The molecule has 9 aromatic rings. The van der Waals surface area contributed by atoms with E-state index in [1.807, 2.05) is 69.4 Å². The maximum absolute atomic E-state index is 11.7. The van der Waals surface area contributed by atoms with Crippen LogP contribution in [-0.2, 0) is 27.5 Å². The predicted octanol–water partition coefficient (Wildman–Crippen LogP) is 14.2. The number of imidazole rings is 1. The monoisotopic (exact) mass is 960 g/mol. The Hall–Kier alpha value is -6.35. The molecular weight excluding hydrogens is 914 g/mol. The molecule has 0 aliphatic carbocycles. The summed E-state index contributed by atoms with van der Waals surface area (Å²) >= 11 is 0. The van der Waals surface area contributed by atoms with Crippen molar-refractivity contribution in [1.29, 1.82) is 0 Å². The molecule has 0 aliphatic rings. The Morgan fingerprint density at radius 1 is 0.650 bits per heavy atom. The van der Waals surface area contributed by atoms with Crippen LogP contribution >= 0.6 is 0 Å². The third-order valence-corrected chi connectivity index (χ3v) is 11.3. The number of aromatic hydroxyl groups is 1. The molecule has 0 bridgehead atoms. The number of hydrogen-bond donors (Lipinski definition) is 1. The summed E-state index contributed by atoms with van der Waals surface area (Å²) in [5, 5.41) is 11.7. The van der Waals surface area contributed by atoms with Gasteiger partial charge in [0.1, 0.15) is 11.6 Å². The summed E-state index contributed by atoms with van der Waals surface area (Å²) in [7, 11) is 0. The van der Waals surface area contributed by atoms with E-state index in [0.29, 0.717) is 11.4 Å². The minimum absolute atomic E-state index is 0. The van der Waals surface area contributed by atoms with Crippen molar-refractivity contribution >= 4 is 11.0 Å². The molecule has 0 radical (unpaired) electrons. The smallest absolute Gasteiger partial charge is 0.148 e. The fraction of sp³-hybridized carbons (Fsp3) is 0.127. The van der Waals surface area contributed by atoms with Crippen LogP contribution in [0.1, 0.15) is 50.3 Å². The molecule has 2 aromatic heterocycles. The van der Waals surface area contributed by atoms with Crippen LogP contribution in [0, 0.1) is 19.9 Å². The van der Waals surface area contributed by atoms with Crippen molar-refractivity contribution in [1.82, 2.24) is 14.5 Å². The molecule has 2 heterocycles. The van der Waals surface area contributed by atoms with E-state index in [1.165, 1.54) is 16.7 Å². The van der Waals surface area contributed by atoms with Gasteiger partial charge in [0, 0.05) is 40.0 Å². The molecule has 0 spiro atoms. The number of pyridine rings is 1. The Bertz CT molecular complexity index is 3020. The zero-order valence-electron chi connectivity index (χ0n) is 35.4. The van der Waals surface area contributed by atoms with Gasteiger partial charge in [-0.1, -0.05) is 153 Å². The molecule has 298 valence electrons. The SMILES string of the molecule is [2H]C(C)(C)c1ccc(-c2ccnc(-c3[c-]c(-c4cccc5c4nc(-c4cc(C)cc(C)c4O)n5-c4ccc(-c5ccccc5)c(CC)c4)cc(-c4ccccc4)c3)c2)cc1.[Pt]. The van der Waals surface area contributed by atoms with Gasteiger partial charge in [-0.05, 0) is 107 Å². The van der Waals surface area contributed by atoms with Crippen LogP contribution in [0.3, 0.4) is 0 Å². The van der Waals surface area contributed by atoms with E-state index in [9.17, 15) is 5.11 Å². The second-order valence-electron chi connectivity index (χ2n) is 15.6. The summed E-state index contributed by atoms with van der Waals surface area (Å²) in [5.41, 5.74) is 17.5. The van der Waals surface area contributed by atoms with E-state index in [4.69, 9.17) is 11.3 Å². The number of benzene rings is 7. The Morgan fingerprint density at radius 3 is 2.07 bits per heavy atom. The third-order valence-electron chi connectivity index (χ3n) is 11.3. The van der Waals surface area contributed by atoms with Crippen molar-refractivity contribution in [2.75, 3.05) is 0 Å². The standard InChI is InChI=1S/C55H46N3O.Pt/c1-6-38-33-47(24-25-48(38)42-16-11-8-12-17-42)58-52-19-13-18-49(53(52)57-55(58)50-29-36(4)28-37(5)54(50)59)45-30-44(40-14-9-7-10-15-40)31-46(32-45)51-34-43(26-27-56-51)41-22-20-39(21-23-41)35(2)3;/h7-31,33-35,59H,6H2,1-5H3;/q-1;/i35D;. The summed E-state index contributed by atoms with van der Waals surface area (Å²) < 4.78 is 10.7. The molecule has 7 aromatic carbocycles. The molecule has 0 saturated heterocycles. The van der Waals surface area contributed by atoms with Crippen molar-refractivity contribution < 1.29 is 27.5 Å². The normalized spacial score (nSPS) is 11.7. The first kappa shape index (κ1) is 39.1.